The number of aryl methyl sites for hydroxylation is 1. The molecule has 4 heteroatoms. The molecule has 0 fully saturated rings. The Bertz CT molecular complexity index is 352. The average Bonchev–Trinajstić information content (AvgIpc) is 2.20. The normalized spacial score (nSPS) is 9.80. The number of hydrogen-bond acceptors (Lipinski definition) is 1. The van der Waals surface area contributed by atoms with Crippen molar-refractivity contribution < 1.29 is 9.18 Å². The van der Waals surface area contributed by atoms with E-state index in [0.29, 0.717) is 17.8 Å². The summed E-state index contributed by atoms with van der Waals surface area (Å²) >= 11 is 0. The Hall–Kier alpha value is -1.58. The van der Waals surface area contributed by atoms with Gasteiger partial charge in [0.1, 0.15) is 5.82 Å². The van der Waals surface area contributed by atoms with Gasteiger partial charge in [-0.15, -0.1) is 0 Å². The molecule has 0 aliphatic rings. The summed E-state index contributed by atoms with van der Waals surface area (Å²) in [5.41, 5.74) is 1.12. The lowest BCUT2D eigenvalue weighted by atomic mass is 10.2. The topological polar surface area (TPSA) is 41.1 Å². The van der Waals surface area contributed by atoms with Crippen molar-refractivity contribution in [3.05, 3.63) is 29.6 Å². The lowest BCUT2D eigenvalue weighted by Gasteiger charge is -2.07. The van der Waals surface area contributed by atoms with Crippen LogP contribution in [0.15, 0.2) is 18.2 Å². The van der Waals surface area contributed by atoms with Crippen molar-refractivity contribution in [1.82, 2.24) is 5.32 Å². The van der Waals surface area contributed by atoms with Crippen molar-refractivity contribution in [3.8, 4) is 0 Å². The van der Waals surface area contributed by atoms with Gasteiger partial charge in [0.2, 0.25) is 0 Å². The van der Waals surface area contributed by atoms with Crippen molar-refractivity contribution in [3.63, 3.8) is 0 Å². The Morgan fingerprint density at radius 3 is 2.80 bits per heavy atom. The molecule has 15 heavy (non-hydrogen) atoms. The molecule has 0 radical (unpaired) electrons. The smallest absolute Gasteiger partial charge is 0.319 e. The molecule has 0 spiro atoms. The van der Waals surface area contributed by atoms with Crippen molar-refractivity contribution in [2.75, 3.05) is 11.9 Å². The third-order valence-corrected chi connectivity index (χ3v) is 1.95. The van der Waals surface area contributed by atoms with Crippen LogP contribution in [0, 0.1) is 12.7 Å². The highest BCUT2D eigenvalue weighted by Crippen LogP contribution is 2.13. The van der Waals surface area contributed by atoms with Crippen LogP contribution in [0.4, 0.5) is 14.9 Å². The zero-order valence-corrected chi connectivity index (χ0v) is 8.93. The van der Waals surface area contributed by atoms with E-state index in [2.05, 4.69) is 10.6 Å². The molecule has 0 aliphatic heterocycles. The van der Waals surface area contributed by atoms with E-state index in [0.717, 1.165) is 6.42 Å². The molecule has 82 valence electrons. The minimum absolute atomic E-state index is 0.261. The third kappa shape index (κ3) is 3.58. The van der Waals surface area contributed by atoms with Gasteiger partial charge in [0, 0.05) is 12.2 Å². The second-order valence-electron chi connectivity index (χ2n) is 3.34. The number of carbonyl (C=O) groups excluding carboxylic acids is 1. The van der Waals surface area contributed by atoms with E-state index in [1.54, 1.807) is 13.0 Å². The van der Waals surface area contributed by atoms with Gasteiger partial charge >= 0.3 is 6.03 Å². The average molecular weight is 210 g/mol. The minimum Gasteiger partial charge on any atom is -0.338 e. The van der Waals surface area contributed by atoms with E-state index in [4.69, 9.17) is 0 Å². The SMILES string of the molecule is CCCNC(=O)Nc1ccc(F)c(C)c1. The molecule has 2 amide bonds. The first-order chi connectivity index (χ1) is 7.13. The lowest BCUT2D eigenvalue weighted by molar-refractivity contribution is 0.252. The van der Waals surface area contributed by atoms with Gasteiger partial charge in [0.15, 0.2) is 0 Å². The number of carbonyl (C=O) groups is 1. The summed E-state index contributed by atoms with van der Waals surface area (Å²) in [5.74, 6) is -0.269. The van der Waals surface area contributed by atoms with Crippen LogP contribution in [-0.2, 0) is 0 Å². The van der Waals surface area contributed by atoms with Crippen molar-refractivity contribution >= 4 is 11.7 Å². The molecular formula is C11H15FN2O. The summed E-state index contributed by atoms with van der Waals surface area (Å²) in [6, 6.07) is 4.21. The van der Waals surface area contributed by atoms with Crippen LogP contribution in [0.5, 0.6) is 0 Å². The Morgan fingerprint density at radius 2 is 2.20 bits per heavy atom. The first-order valence-corrected chi connectivity index (χ1v) is 4.94. The van der Waals surface area contributed by atoms with Crippen LogP contribution in [0.3, 0.4) is 0 Å². The molecular weight excluding hydrogens is 195 g/mol. The zero-order valence-electron chi connectivity index (χ0n) is 8.93. The van der Waals surface area contributed by atoms with E-state index in [9.17, 15) is 9.18 Å². The van der Waals surface area contributed by atoms with Gasteiger partial charge in [-0.3, -0.25) is 0 Å². The first kappa shape index (κ1) is 11.5. The lowest BCUT2D eigenvalue weighted by Crippen LogP contribution is -2.29. The number of amides is 2. The monoisotopic (exact) mass is 210 g/mol. The number of anilines is 1. The van der Waals surface area contributed by atoms with Gasteiger partial charge in [-0.1, -0.05) is 6.92 Å². The number of rotatable bonds is 3. The van der Waals surface area contributed by atoms with Gasteiger partial charge in [-0.25, -0.2) is 9.18 Å². The predicted octanol–water partition coefficient (Wildman–Crippen LogP) is 2.67. The summed E-state index contributed by atoms with van der Waals surface area (Å²) in [6.07, 6.45) is 0.885. The highest BCUT2D eigenvalue weighted by molar-refractivity contribution is 5.89. The Balaban J connectivity index is 2.57. The highest BCUT2D eigenvalue weighted by atomic mass is 19.1. The van der Waals surface area contributed by atoms with Crippen molar-refractivity contribution in [2.24, 2.45) is 0 Å². The highest BCUT2D eigenvalue weighted by Gasteiger charge is 2.02. The van der Waals surface area contributed by atoms with Gasteiger partial charge in [0.05, 0.1) is 0 Å². The van der Waals surface area contributed by atoms with Gasteiger partial charge < -0.3 is 10.6 Å². The second kappa shape index (κ2) is 5.34. The molecule has 0 heterocycles. The fourth-order valence-electron chi connectivity index (χ4n) is 1.14. The molecule has 0 aromatic heterocycles. The van der Waals surface area contributed by atoms with Crippen LogP contribution in [0.25, 0.3) is 0 Å². The van der Waals surface area contributed by atoms with Gasteiger partial charge in [0.25, 0.3) is 0 Å². The van der Waals surface area contributed by atoms with E-state index < -0.39 is 0 Å². The number of hydrogen-bond donors (Lipinski definition) is 2. The Labute approximate surface area is 88.7 Å². The second-order valence-corrected chi connectivity index (χ2v) is 3.34. The summed E-state index contributed by atoms with van der Waals surface area (Å²) in [7, 11) is 0. The van der Waals surface area contributed by atoms with E-state index >= 15 is 0 Å². The standard InChI is InChI=1S/C11H15FN2O/c1-3-6-13-11(15)14-9-4-5-10(12)8(2)7-9/h4-5,7H,3,6H2,1-2H3,(H2,13,14,15). The summed E-state index contributed by atoms with van der Waals surface area (Å²) in [6.45, 7) is 4.26. The van der Waals surface area contributed by atoms with Gasteiger partial charge in [-0.05, 0) is 37.1 Å². The largest absolute Gasteiger partial charge is 0.338 e. The Kier molecular flexibility index (Phi) is 4.09. The summed E-state index contributed by atoms with van der Waals surface area (Å²) < 4.78 is 12.9. The maximum Gasteiger partial charge on any atom is 0.319 e. The Morgan fingerprint density at radius 1 is 1.47 bits per heavy atom. The van der Waals surface area contributed by atoms with E-state index in [-0.39, 0.29) is 11.8 Å². The van der Waals surface area contributed by atoms with Crippen LogP contribution >= 0.6 is 0 Å². The molecule has 0 saturated heterocycles. The molecule has 2 N–H and O–H groups in total. The number of nitrogens with one attached hydrogen (secondary N) is 2. The molecule has 0 bridgehead atoms. The fraction of sp³-hybridized carbons (Fsp3) is 0.364. The molecule has 0 atom stereocenters. The maximum absolute atomic E-state index is 12.9. The maximum atomic E-state index is 12.9. The quantitative estimate of drug-likeness (QED) is 0.791. The molecule has 1 aromatic carbocycles. The van der Waals surface area contributed by atoms with Crippen LogP contribution in [0.1, 0.15) is 18.9 Å². The molecule has 0 saturated carbocycles. The summed E-state index contributed by atoms with van der Waals surface area (Å²) in [5, 5.41) is 5.30. The number of benzene rings is 1. The van der Waals surface area contributed by atoms with E-state index in [1.807, 2.05) is 6.92 Å². The predicted molar refractivity (Wildman–Crippen MR) is 58.4 cm³/mol. The third-order valence-electron chi connectivity index (χ3n) is 1.95. The van der Waals surface area contributed by atoms with Crippen LogP contribution < -0.4 is 10.6 Å². The number of urea groups is 1. The van der Waals surface area contributed by atoms with Crippen molar-refractivity contribution in [2.45, 2.75) is 20.3 Å². The zero-order chi connectivity index (χ0) is 11.3. The molecule has 3 nitrogen and oxygen atoms in total. The molecule has 1 rings (SSSR count). The van der Waals surface area contributed by atoms with E-state index in [1.165, 1.54) is 12.1 Å². The van der Waals surface area contributed by atoms with Crippen LogP contribution in [-0.4, -0.2) is 12.6 Å². The first-order valence-electron chi connectivity index (χ1n) is 4.94. The fourth-order valence-corrected chi connectivity index (χ4v) is 1.14. The summed E-state index contributed by atoms with van der Waals surface area (Å²) in [4.78, 5) is 11.3. The number of halogens is 1. The minimum atomic E-state index is -0.269. The van der Waals surface area contributed by atoms with Gasteiger partial charge in [-0.2, -0.15) is 0 Å². The van der Waals surface area contributed by atoms with Crippen molar-refractivity contribution in [1.29, 1.82) is 0 Å². The molecule has 1 aromatic rings. The molecule has 0 unspecified atom stereocenters. The molecule has 0 aliphatic carbocycles. The van der Waals surface area contributed by atoms with Crippen LogP contribution in [0.2, 0.25) is 0 Å².